The lowest BCUT2D eigenvalue weighted by Gasteiger charge is -2.08. The van der Waals surface area contributed by atoms with Gasteiger partial charge in [-0.25, -0.2) is 9.78 Å². The third-order valence-electron chi connectivity index (χ3n) is 4.23. The van der Waals surface area contributed by atoms with E-state index in [1.165, 1.54) is 25.1 Å². The standard InChI is InChI=1S/C18H17N3O4/c22-17(23)15-9-13(7-8-19-15)24-12-5-6-14-16(10-12)25-18(21-14)20-11-3-1-2-4-11/h5-11H,1-4H2,(H,20,21)(H,22,23). The fourth-order valence-electron chi connectivity index (χ4n) is 3.00. The Balaban J connectivity index is 1.54. The van der Waals surface area contributed by atoms with Crippen LogP contribution in [-0.2, 0) is 0 Å². The predicted molar refractivity (Wildman–Crippen MR) is 91.2 cm³/mol. The average molecular weight is 339 g/mol. The van der Waals surface area contributed by atoms with Gasteiger partial charge in [-0.15, -0.1) is 0 Å². The van der Waals surface area contributed by atoms with E-state index in [2.05, 4.69) is 15.3 Å². The first-order valence-corrected chi connectivity index (χ1v) is 8.22. The highest BCUT2D eigenvalue weighted by atomic mass is 16.5. The molecule has 1 aliphatic carbocycles. The van der Waals surface area contributed by atoms with Crippen LogP contribution >= 0.6 is 0 Å². The second-order valence-corrected chi connectivity index (χ2v) is 6.06. The molecule has 128 valence electrons. The molecule has 0 saturated heterocycles. The maximum atomic E-state index is 11.0. The van der Waals surface area contributed by atoms with E-state index < -0.39 is 5.97 Å². The van der Waals surface area contributed by atoms with Crippen LogP contribution in [0.4, 0.5) is 6.01 Å². The van der Waals surface area contributed by atoms with Crippen molar-refractivity contribution >= 4 is 23.1 Å². The predicted octanol–water partition coefficient (Wildman–Crippen LogP) is 4.07. The van der Waals surface area contributed by atoms with Crippen LogP contribution in [0.15, 0.2) is 40.9 Å². The van der Waals surface area contributed by atoms with Crippen molar-refractivity contribution in [1.82, 2.24) is 9.97 Å². The Morgan fingerprint density at radius 3 is 2.80 bits per heavy atom. The van der Waals surface area contributed by atoms with Crippen LogP contribution in [0.25, 0.3) is 11.1 Å². The minimum atomic E-state index is -1.10. The number of anilines is 1. The Morgan fingerprint density at radius 1 is 1.20 bits per heavy atom. The van der Waals surface area contributed by atoms with Crippen LogP contribution in [0.3, 0.4) is 0 Å². The summed E-state index contributed by atoms with van der Waals surface area (Å²) in [6.45, 7) is 0. The van der Waals surface area contributed by atoms with Crippen LogP contribution in [0, 0.1) is 0 Å². The summed E-state index contributed by atoms with van der Waals surface area (Å²) >= 11 is 0. The van der Waals surface area contributed by atoms with Gasteiger partial charge in [-0.2, -0.15) is 4.98 Å². The Bertz CT molecular complexity index is 916. The number of hydrogen-bond donors (Lipinski definition) is 2. The lowest BCUT2D eigenvalue weighted by Crippen LogP contribution is -2.14. The van der Waals surface area contributed by atoms with Crippen molar-refractivity contribution in [1.29, 1.82) is 0 Å². The van der Waals surface area contributed by atoms with E-state index in [1.54, 1.807) is 18.2 Å². The van der Waals surface area contributed by atoms with Crippen LogP contribution in [0.5, 0.6) is 11.5 Å². The van der Waals surface area contributed by atoms with Gasteiger partial charge in [-0.3, -0.25) is 0 Å². The molecule has 0 radical (unpaired) electrons. The van der Waals surface area contributed by atoms with Gasteiger partial charge in [-0.1, -0.05) is 12.8 Å². The second-order valence-electron chi connectivity index (χ2n) is 6.06. The fourth-order valence-corrected chi connectivity index (χ4v) is 3.00. The molecule has 1 saturated carbocycles. The third kappa shape index (κ3) is 3.40. The molecule has 7 heteroatoms. The van der Waals surface area contributed by atoms with E-state index in [4.69, 9.17) is 14.3 Å². The van der Waals surface area contributed by atoms with Crippen molar-refractivity contribution in [3.63, 3.8) is 0 Å². The summed E-state index contributed by atoms with van der Waals surface area (Å²) in [5.41, 5.74) is 1.29. The SMILES string of the molecule is O=C(O)c1cc(Oc2ccc3nc(NC4CCCC4)oc3c2)ccn1. The number of carbonyl (C=O) groups is 1. The van der Waals surface area contributed by atoms with Gasteiger partial charge in [0.2, 0.25) is 0 Å². The molecule has 1 aliphatic rings. The van der Waals surface area contributed by atoms with E-state index in [0.29, 0.717) is 29.1 Å². The van der Waals surface area contributed by atoms with E-state index >= 15 is 0 Å². The monoisotopic (exact) mass is 339 g/mol. The van der Waals surface area contributed by atoms with Crippen molar-refractivity contribution in [3.8, 4) is 11.5 Å². The van der Waals surface area contributed by atoms with Crippen molar-refractivity contribution in [3.05, 3.63) is 42.2 Å². The Morgan fingerprint density at radius 2 is 2.00 bits per heavy atom. The van der Waals surface area contributed by atoms with Crippen LogP contribution < -0.4 is 10.1 Å². The van der Waals surface area contributed by atoms with Gasteiger partial charge in [-0.05, 0) is 31.0 Å². The molecule has 2 heterocycles. The number of fused-ring (bicyclic) bond motifs is 1. The maximum Gasteiger partial charge on any atom is 0.354 e. The van der Waals surface area contributed by atoms with E-state index in [9.17, 15) is 4.79 Å². The number of pyridine rings is 1. The van der Waals surface area contributed by atoms with E-state index in [0.717, 1.165) is 18.4 Å². The molecule has 25 heavy (non-hydrogen) atoms. The zero-order valence-electron chi connectivity index (χ0n) is 13.4. The molecule has 0 bridgehead atoms. The summed E-state index contributed by atoms with van der Waals surface area (Å²) in [6.07, 6.45) is 6.15. The molecule has 7 nitrogen and oxygen atoms in total. The minimum Gasteiger partial charge on any atom is -0.477 e. The van der Waals surface area contributed by atoms with Gasteiger partial charge in [0.25, 0.3) is 6.01 Å². The van der Waals surface area contributed by atoms with Gasteiger partial charge in [0.1, 0.15) is 17.0 Å². The van der Waals surface area contributed by atoms with Gasteiger partial charge in [0, 0.05) is 24.4 Å². The number of hydrogen-bond acceptors (Lipinski definition) is 6. The molecule has 0 amide bonds. The molecule has 1 aromatic carbocycles. The number of aromatic carboxylic acids is 1. The summed E-state index contributed by atoms with van der Waals surface area (Å²) in [6, 6.07) is 9.25. The van der Waals surface area contributed by atoms with Crippen LogP contribution in [0.2, 0.25) is 0 Å². The zero-order valence-corrected chi connectivity index (χ0v) is 13.4. The Kier molecular flexibility index (Phi) is 3.97. The average Bonchev–Trinajstić information content (AvgIpc) is 3.24. The molecule has 1 fully saturated rings. The number of carboxylic acid groups (broad SMARTS) is 1. The largest absolute Gasteiger partial charge is 0.477 e. The molecule has 0 spiro atoms. The number of oxazole rings is 1. The number of carboxylic acids is 1. The van der Waals surface area contributed by atoms with Crippen molar-refractivity contribution in [2.45, 2.75) is 31.7 Å². The first-order valence-electron chi connectivity index (χ1n) is 8.22. The smallest absolute Gasteiger partial charge is 0.354 e. The molecule has 0 unspecified atom stereocenters. The highest BCUT2D eigenvalue weighted by molar-refractivity contribution is 5.85. The number of ether oxygens (including phenoxy) is 1. The first kappa shape index (κ1) is 15.4. The fraction of sp³-hybridized carbons (Fsp3) is 0.278. The molecule has 0 aliphatic heterocycles. The van der Waals surface area contributed by atoms with Crippen molar-refractivity contribution in [2.75, 3.05) is 5.32 Å². The number of rotatable bonds is 5. The number of nitrogens with zero attached hydrogens (tertiary/aromatic N) is 2. The lowest BCUT2D eigenvalue weighted by molar-refractivity contribution is 0.0690. The zero-order chi connectivity index (χ0) is 17.2. The van der Waals surface area contributed by atoms with E-state index in [1.807, 2.05) is 6.07 Å². The maximum absolute atomic E-state index is 11.0. The molecule has 4 rings (SSSR count). The van der Waals surface area contributed by atoms with Crippen LogP contribution in [0.1, 0.15) is 36.2 Å². The Hall–Kier alpha value is -3.09. The highest BCUT2D eigenvalue weighted by Gasteiger charge is 2.17. The van der Waals surface area contributed by atoms with Gasteiger partial charge in [0.05, 0.1) is 0 Å². The minimum absolute atomic E-state index is 0.0682. The molecule has 2 N–H and O–H groups in total. The van der Waals surface area contributed by atoms with Gasteiger partial charge >= 0.3 is 5.97 Å². The number of benzene rings is 1. The molecular formula is C18H17N3O4. The number of nitrogens with one attached hydrogen (secondary N) is 1. The highest BCUT2D eigenvalue weighted by Crippen LogP contribution is 2.29. The van der Waals surface area contributed by atoms with Gasteiger partial charge in [0.15, 0.2) is 11.3 Å². The molecular weight excluding hydrogens is 322 g/mol. The summed E-state index contributed by atoms with van der Waals surface area (Å²) in [5, 5.41) is 12.3. The summed E-state index contributed by atoms with van der Waals surface area (Å²) < 4.78 is 11.5. The van der Waals surface area contributed by atoms with Crippen molar-refractivity contribution < 1.29 is 19.1 Å². The normalized spacial score (nSPS) is 14.7. The summed E-state index contributed by atoms with van der Waals surface area (Å²) in [7, 11) is 0. The van der Waals surface area contributed by atoms with Gasteiger partial charge < -0.3 is 19.6 Å². The first-order chi connectivity index (χ1) is 12.2. The van der Waals surface area contributed by atoms with Crippen LogP contribution in [-0.4, -0.2) is 27.1 Å². The molecule has 3 aromatic rings. The number of aromatic nitrogens is 2. The second kappa shape index (κ2) is 6.43. The third-order valence-corrected chi connectivity index (χ3v) is 4.23. The lowest BCUT2D eigenvalue weighted by atomic mass is 10.3. The summed E-state index contributed by atoms with van der Waals surface area (Å²) in [5.74, 6) is -0.159. The quantitative estimate of drug-likeness (QED) is 0.723. The summed E-state index contributed by atoms with van der Waals surface area (Å²) in [4.78, 5) is 19.2. The van der Waals surface area contributed by atoms with Crippen molar-refractivity contribution in [2.24, 2.45) is 0 Å². The van der Waals surface area contributed by atoms with E-state index in [-0.39, 0.29) is 5.69 Å². The molecule has 0 atom stereocenters. The topological polar surface area (TPSA) is 97.5 Å². The Labute approximate surface area is 143 Å². The molecule has 2 aromatic heterocycles.